The number of hydrogen-bond donors (Lipinski definition) is 2. The van der Waals surface area contributed by atoms with Crippen molar-refractivity contribution in [3.8, 4) is 0 Å². The number of benzodiazepines with no additional fused rings is 1. The molecule has 1 atom stereocenters. The van der Waals surface area contributed by atoms with Crippen LogP contribution in [-0.4, -0.2) is 49.1 Å². The molecule has 9 heteroatoms. The third-order valence-electron chi connectivity index (χ3n) is 7.23. The molecule has 0 aromatic heterocycles. The van der Waals surface area contributed by atoms with Crippen LogP contribution in [0, 0.1) is 6.92 Å². The number of nitrogens with one attached hydrogen (secondary N) is 2. The van der Waals surface area contributed by atoms with E-state index >= 15 is 0 Å². The summed E-state index contributed by atoms with van der Waals surface area (Å²) < 4.78 is 0. The number of hydrogen-bond acceptors (Lipinski definition) is 5. The second-order valence-corrected chi connectivity index (χ2v) is 10.2. The fraction of sp³-hybridized carbons (Fsp3) is 0.147. The minimum atomic E-state index is -1.34. The van der Waals surface area contributed by atoms with Crippen molar-refractivity contribution in [2.45, 2.75) is 20.0 Å². The van der Waals surface area contributed by atoms with Crippen molar-refractivity contribution in [1.82, 2.24) is 5.32 Å². The summed E-state index contributed by atoms with van der Waals surface area (Å²) in [6.45, 7) is 3.05. The number of urea groups is 1. The quantitative estimate of drug-likeness (QED) is 0.296. The van der Waals surface area contributed by atoms with Crippen molar-refractivity contribution >= 4 is 46.4 Å². The zero-order chi connectivity index (χ0) is 30.5. The van der Waals surface area contributed by atoms with Gasteiger partial charge >= 0.3 is 6.03 Å². The molecular weight excluding hydrogens is 542 g/mol. The Balaban J connectivity index is 1.50. The van der Waals surface area contributed by atoms with Crippen LogP contribution in [0.1, 0.15) is 34.0 Å². The number of para-hydroxylation sites is 1. The molecule has 1 heterocycles. The van der Waals surface area contributed by atoms with E-state index in [4.69, 9.17) is 4.99 Å². The number of ketones is 1. The lowest BCUT2D eigenvalue weighted by Gasteiger charge is -2.25. The van der Waals surface area contributed by atoms with Crippen LogP contribution in [0.4, 0.5) is 21.9 Å². The fourth-order valence-corrected chi connectivity index (χ4v) is 4.89. The summed E-state index contributed by atoms with van der Waals surface area (Å²) in [6, 6.07) is 30.0. The number of carbonyl (C=O) groups excluding carboxylic acids is 4. The van der Waals surface area contributed by atoms with Crippen LogP contribution in [0.25, 0.3) is 0 Å². The average Bonchev–Trinajstić information content (AvgIpc) is 3.12. The van der Waals surface area contributed by atoms with E-state index in [1.165, 1.54) is 16.7 Å². The Morgan fingerprint density at radius 3 is 2.33 bits per heavy atom. The SMILES string of the molecule is CC(=O)N(C)c1cccc(NC(=O)NC2N=C(c3ccccc3)c3ccccc3N(CC(=O)c3ccccc3C)C2=O)c1. The monoisotopic (exact) mass is 573 g/mol. The Bertz CT molecular complexity index is 1730. The van der Waals surface area contributed by atoms with Crippen LogP contribution in [0.15, 0.2) is 108 Å². The van der Waals surface area contributed by atoms with Gasteiger partial charge in [-0.3, -0.25) is 14.4 Å². The molecule has 0 fully saturated rings. The van der Waals surface area contributed by atoms with E-state index in [2.05, 4.69) is 10.6 Å². The molecule has 4 aromatic rings. The van der Waals surface area contributed by atoms with Gasteiger partial charge < -0.3 is 20.4 Å². The number of Topliss-reactive ketones (excluding diaryl/α,β-unsaturated/α-hetero) is 1. The summed E-state index contributed by atoms with van der Waals surface area (Å²) in [5.74, 6) is -0.951. The highest BCUT2D eigenvalue weighted by Crippen LogP contribution is 2.29. The highest BCUT2D eigenvalue weighted by Gasteiger charge is 2.34. The number of benzene rings is 4. The minimum Gasteiger partial charge on any atom is -0.316 e. The molecule has 0 aliphatic carbocycles. The average molecular weight is 574 g/mol. The Morgan fingerprint density at radius 2 is 1.58 bits per heavy atom. The van der Waals surface area contributed by atoms with Gasteiger partial charge in [0.05, 0.1) is 17.9 Å². The normalized spacial score (nSPS) is 14.2. The summed E-state index contributed by atoms with van der Waals surface area (Å²) in [6.07, 6.45) is -1.34. The van der Waals surface area contributed by atoms with Gasteiger partial charge in [-0.15, -0.1) is 0 Å². The number of nitrogens with zero attached hydrogens (tertiary/aromatic N) is 3. The lowest BCUT2D eigenvalue weighted by atomic mass is 9.99. The van der Waals surface area contributed by atoms with Gasteiger partial charge in [-0.05, 0) is 36.8 Å². The van der Waals surface area contributed by atoms with E-state index in [-0.39, 0.29) is 18.2 Å². The number of fused-ring (bicyclic) bond motifs is 1. The standard InChI is InChI=1S/C34H31N5O4/c1-22-12-7-8-17-27(22)30(41)21-39-29-19-10-9-18-28(29)31(24-13-5-4-6-14-24)36-32(33(39)42)37-34(43)35-25-15-11-16-26(20-25)38(3)23(2)40/h4-20,32H,21H2,1-3H3,(H2,35,37,43). The number of aliphatic imine (C=N–C) groups is 1. The van der Waals surface area contributed by atoms with Gasteiger partial charge in [0.1, 0.15) is 0 Å². The molecule has 1 unspecified atom stereocenters. The number of aryl methyl sites for hydroxylation is 1. The van der Waals surface area contributed by atoms with Gasteiger partial charge in [-0.1, -0.05) is 78.9 Å². The first kappa shape index (κ1) is 28.9. The summed E-state index contributed by atoms with van der Waals surface area (Å²) in [4.78, 5) is 60.3. The lowest BCUT2D eigenvalue weighted by Crippen LogP contribution is -2.50. The molecule has 1 aliphatic heterocycles. The Labute approximate surface area is 249 Å². The third kappa shape index (κ3) is 6.36. The minimum absolute atomic E-state index is 0.159. The molecule has 0 bridgehead atoms. The molecule has 0 saturated heterocycles. The molecule has 4 aromatic carbocycles. The number of rotatable bonds is 7. The zero-order valence-corrected chi connectivity index (χ0v) is 24.1. The van der Waals surface area contributed by atoms with E-state index in [0.717, 1.165) is 11.1 Å². The fourth-order valence-electron chi connectivity index (χ4n) is 4.89. The van der Waals surface area contributed by atoms with Gasteiger partial charge in [0.15, 0.2) is 5.78 Å². The third-order valence-corrected chi connectivity index (χ3v) is 7.23. The van der Waals surface area contributed by atoms with Crippen molar-refractivity contribution < 1.29 is 19.2 Å². The van der Waals surface area contributed by atoms with Gasteiger partial charge in [-0.2, -0.15) is 0 Å². The summed E-state index contributed by atoms with van der Waals surface area (Å²) >= 11 is 0. The maximum Gasteiger partial charge on any atom is 0.321 e. The number of carbonyl (C=O) groups is 4. The molecule has 9 nitrogen and oxygen atoms in total. The second kappa shape index (κ2) is 12.5. The van der Waals surface area contributed by atoms with Gasteiger partial charge in [0.25, 0.3) is 5.91 Å². The highest BCUT2D eigenvalue weighted by atomic mass is 16.2. The molecule has 0 spiro atoms. The molecule has 43 heavy (non-hydrogen) atoms. The van der Waals surface area contributed by atoms with Gasteiger partial charge in [0, 0.05) is 42.0 Å². The molecule has 2 N–H and O–H groups in total. The molecule has 4 amide bonds. The largest absolute Gasteiger partial charge is 0.321 e. The second-order valence-electron chi connectivity index (χ2n) is 10.2. The smallest absolute Gasteiger partial charge is 0.316 e. The molecule has 216 valence electrons. The van der Waals surface area contributed by atoms with E-state index in [1.54, 1.807) is 55.6 Å². The van der Waals surface area contributed by atoms with Crippen molar-refractivity contribution in [1.29, 1.82) is 0 Å². The van der Waals surface area contributed by atoms with Crippen LogP contribution in [-0.2, 0) is 9.59 Å². The van der Waals surface area contributed by atoms with E-state index in [9.17, 15) is 19.2 Å². The van der Waals surface area contributed by atoms with Crippen LogP contribution in [0.2, 0.25) is 0 Å². The van der Waals surface area contributed by atoms with Crippen molar-refractivity contribution in [2.75, 3.05) is 28.7 Å². The maximum absolute atomic E-state index is 14.1. The summed E-state index contributed by atoms with van der Waals surface area (Å²) in [7, 11) is 1.63. The molecule has 0 radical (unpaired) electrons. The van der Waals surface area contributed by atoms with Gasteiger partial charge in [0.2, 0.25) is 12.1 Å². The maximum atomic E-state index is 14.1. The topological polar surface area (TPSA) is 111 Å². The van der Waals surface area contributed by atoms with Crippen LogP contribution in [0.5, 0.6) is 0 Å². The lowest BCUT2D eigenvalue weighted by molar-refractivity contribution is -0.120. The zero-order valence-electron chi connectivity index (χ0n) is 24.1. The molecule has 5 rings (SSSR count). The van der Waals surface area contributed by atoms with E-state index < -0.39 is 18.1 Å². The molecule has 1 aliphatic rings. The summed E-state index contributed by atoms with van der Waals surface area (Å²) in [5, 5.41) is 5.43. The van der Waals surface area contributed by atoms with Gasteiger partial charge in [-0.25, -0.2) is 9.79 Å². The van der Waals surface area contributed by atoms with Crippen LogP contribution >= 0.6 is 0 Å². The first-order chi connectivity index (χ1) is 20.7. The Morgan fingerprint density at radius 1 is 0.884 bits per heavy atom. The molecular formula is C34H31N5O4. The first-order valence-corrected chi connectivity index (χ1v) is 13.8. The van der Waals surface area contributed by atoms with Crippen LogP contribution in [0.3, 0.4) is 0 Å². The first-order valence-electron chi connectivity index (χ1n) is 13.8. The van der Waals surface area contributed by atoms with Crippen molar-refractivity contribution in [2.24, 2.45) is 4.99 Å². The van der Waals surface area contributed by atoms with E-state index in [0.29, 0.717) is 33.9 Å². The Kier molecular flexibility index (Phi) is 8.43. The van der Waals surface area contributed by atoms with Crippen molar-refractivity contribution in [3.05, 3.63) is 125 Å². The summed E-state index contributed by atoms with van der Waals surface area (Å²) in [5.41, 5.74) is 4.76. The predicted molar refractivity (Wildman–Crippen MR) is 168 cm³/mol. The Hall–Kier alpha value is -5.57. The highest BCUT2D eigenvalue weighted by molar-refractivity contribution is 6.21. The predicted octanol–water partition coefficient (Wildman–Crippen LogP) is 5.19. The van der Waals surface area contributed by atoms with Crippen LogP contribution < -0.4 is 20.4 Å². The van der Waals surface area contributed by atoms with Crippen molar-refractivity contribution in [3.63, 3.8) is 0 Å². The van der Waals surface area contributed by atoms with E-state index in [1.807, 2.05) is 61.5 Å². The number of anilines is 3. The molecule has 0 saturated carbocycles. The number of amides is 4.